The smallest absolute Gasteiger partial charge is 0.173 e. The highest BCUT2D eigenvalue weighted by atomic mass is 79.9. The molecule has 156 valence electrons. The van der Waals surface area contributed by atoms with Crippen LogP contribution in [0.3, 0.4) is 0 Å². The zero-order valence-corrected chi connectivity index (χ0v) is 18.1. The molecule has 3 aromatic rings. The molecule has 1 aliphatic rings. The van der Waals surface area contributed by atoms with Crippen LogP contribution in [0.15, 0.2) is 23.1 Å². The lowest BCUT2D eigenvalue weighted by molar-refractivity contribution is 0.0699. The van der Waals surface area contributed by atoms with Crippen molar-refractivity contribution in [3.8, 4) is 6.07 Å². The highest BCUT2D eigenvalue weighted by molar-refractivity contribution is 9.10. The number of nitrogens with one attached hydrogen (secondary N) is 2. The van der Waals surface area contributed by atoms with Gasteiger partial charge in [0.25, 0.3) is 0 Å². The SMILES string of the molecule is CC(Nc1ncnc(N)c1C#N)c1nc(NCC2CCOCC2)c2c(Br)ccn2n1. The molecule has 0 radical (unpaired) electrons. The number of hydrogen-bond acceptors (Lipinski definition) is 9. The molecular weight excluding hydrogens is 450 g/mol. The standard InChI is InChI=1S/C19H22BrN9O/c1-11(26-18-13(8-21)16(22)24-10-25-18)17-27-19(15-14(20)2-5-29(15)28-17)23-9-12-3-6-30-7-4-12/h2,5,10-12H,3-4,6-7,9H2,1H3,(H,23,27,28)(H3,22,24,25,26). The van der Waals surface area contributed by atoms with E-state index in [0.29, 0.717) is 17.6 Å². The summed E-state index contributed by atoms with van der Waals surface area (Å²) in [5.74, 6) is 2.34. The molecule has 11 heteroatoms. The number of hydrogen-bond donors (Lipinski definition) is 3. The highest BCUT2D eigenvalue weighted by Gasteiger charge is 2.20. The summed E-state index contributed by atoms with van der Waals surface area (Å²) in [5, 5.41) is 20.6. The van der Waals surface area contributed by atoms with Gasteiger partial charge >= 0.3 is 0 Å². The number of rotatable bonds is 6. The van der Waals surface area contributed by atoms with E-state index in [1.165, 1.54) is 6.33 Å². The molecule has 4 N–H and O–H groups in total. The maximum Gasteiger partial charge on any atom is 0.173 e. The first-order valence-electron chi connectivity index (χ1n) is 9.70. The molecule has 0 saturated carbocycles. The summed E-state index contributed by atoms with van der Waals surface area (Å²) in [6, 6.07) is 3.65. The van der Waals surface area contributed by atoms with Crippen LogP contribution in [0.5, 0.6) is 0 Å². The Balaban J connectivity index is 1.61. The fraction of sp³-hybridized carbons (Fsp3) is 0.421. The van der Waals surface area contributed by atoms with Gasteiger partial charge in [-0.1, -0.05) is 0 Å². The van der Waals surface area contributed by atoms with Gasteiger partial charge in [0.1, 0.15) is 35.1 Å². The van der Waals surface area contributed by atoms with Crippen molar-refractivity contribution in [3.63, 3.8) is 0 Å². The van der Waals surface area contributed by atoms with Crippen LogP contribution in [0.2, 0.25) is 0 Å². The largest absolute Gasteiger partial charge is 0.382 e. The zero-order valence-electron chi connectivity index (χ0n) is 16.5. The van der Waals surface area contributed by atoms with Gasteiger partial charge in [-0.3, -0.25) is 0 Å². The van der Waals surface area contributed by atoms with Gasteiger partial charge in [0.15, 0.2) is 11.6 Å². The first-order valence-corrected chi connectivity index (χ1v) is 10.5. The van der Waals surface area contributed by atoms with Crippen LogP contribution in [0, 0.1) is 17.2 Å². The fourth-order valence-corrected chi connectivity index (χ4v) is 3.88. The van der Waals surface area contributed by atoms with Gasteiger partial charge in [-0.05, 0) is 47.7 Å². The molecule has 0 bridgehead atoms. The van der Waals surface area contributed by atoms with E-state index in [9.17, 15) is 5.26 Å². The van der Waals surface area contributed by atoms with Crippen molar-refractivity contribution in [2.75, 3.05) is 36.1 Å². The van der Waals surface area contributed by atoms with Gasteiger partial charge in [-0.15, -0.1) is 0 Å². The van der Waals surface area contributed by atoms with Gasteiger partial charge in [0.05, 0.1) is 6.04 Å². The van der Waals surface area contributed by atoms with Crippen LogP contribution >= 0.6 is 15.9 Å². The molecule has 30 heavy (non-hydrogen) atoms. The van der Waals surface area contributed by atoms with Crippen LogP contribution in [0.1, 0.15) is 37.2 Å². The molecule has 10 nitrogen and oxygen atoms in total. The first kappa shape index (κ1) is 20.3. The lowest BCUT2D eigenvalue weighted by Crippen LogP contribution is -2.24. The molecule has 1 atom stereocenters. The molecule has 1 unspecified atom stereocenters. The molecule has 0 aliphatic carbocycles. The Bertz CT molecular complexity index is 1090. The van der Waals surface area contributed by atoms with Gasteiger partial charge in [-0.2, -0.15) is 10.4 Å². The number of nitriles is 1. The van der Waals surface area contributed by atoms with E-state index < -0.39 is 0 Å². The van der Waals surface area contributed by atoms with Gasteiger partial charge < -0.3 is 21.1 Å². The van der Waals surface area contributed by atoms with Crippen LogP contribution < -0.4 is 16.4 Å². The molecule has 4 heterocycles. The van der Waals surface area contributed by atoms with E-state index in [0.717, 1.165) is 48.4 Å². The molecule has 4 rings (SSSR count). The topological polar surface area (TPSA) is 139 Å². The Morgan fingerprint density at radius 1 is 1.37 bits per heavy atom. The fourth-order valence-electron chi connectivity index (χ4n) is 3.39. The number of anilines is 3. The number of ether oxygens (including phenoxy) is 1. The lowest BCUT2D eigenvalue weighted by Gasteiger charge is -2.23. The predicted octanol–water partition coefficient (Wildman–Crippen LogP) is 2.75. The molecule has 0 spiro atoms. The molecule has 0 aromatic carbocycles. The van der Waals surface area contributed by atoms with Gasteiger partial charge in [-0.25, -0.2) is 19.5 Å². The monoisotopic (exact) mass is 471 g/mol. The van der Waals surface area contributed by atoms with Crippen LogP contribution in [0.4, 0.5) is 17.5 Å². The molecule has 1 fully saturated rings. The van der Waals surface area contributed by atoms with Crippen molar-refractivity contribution in [1.82, 2.24) is 24.6 Å². The summed E-state index contributed by atoms with van der Waals surface area (Å²) in [5.41, 5.74) is 6.86. The van der Waals surface area contributed by atoms with E-state index >= 15 is 0 Å². The molecule has 3 aromatic heterocycles. The summed E-state index contributed by atoms with van der Waals surface area (Å²) >= 11 is 3.58. The number of halogens is 1. The van der Waals surface area contributed by atoms with E-state index in [4.69, 9.17) is 15.5 Å². The van der Waals surface area contributed by atoms with Crippen molar-refractivity contribution < 1.29 is 4.74 Å². The first-order chi connectivity index (χ1) is 14.6. The minimum atomic E-state index is -0.319. The Kier molecular flexibility index (Phi) is 5.96. The second kappa shape index (κ2) is 8.81. The Labute approximate surface area is 182 Å². The van der Waals surface area contributed by atoms with Crippen LogP contribution in [0.25, 0.3) is 5.52 Å². The third-order valence-electron chi connectivity index (χ3n) is 5.11. The van der Waals surface area contributed by atoms with E-state index in [1.54, 1.807) is 4.52 Å². The average molecular weight is 472 g/mol. The van der Waals surface area contributed by atoms with Crippen LogP contribution in [-0.4, -0.2) is 44.3 Å². The number of nitrogens with two attached hydrogens (primary N) is 1. The molecule has 1 aliphatic heterocycles. The second-order valence-corrected chi connectivity index (χ2v) is 8.03. The lowest BCUT2D eigenvalue weighted by atomic mass is 10.0. The van der Waals surface area contributed by atoms with Crippen molar-refractivity contribution in [2.45, 2.75) is 25.8 Å². The van der Waals surface area contributed by atoms with Gasteiger partial charge in [0.2, 0.25) is 0 Å². The maximum absolute atomic E-state index is 9.36. The quantitative estimate of drug-likeness (QED) is 0.494. The minimum Gasteiger partial charge on any atom is -0.382 e. The normalized spacial score (nSPS) is 15.6. The van der Waals surface area contributed by atoms with Crippen molar-refractivity contribution in [2.24, 2.45) is 5.92 Å². The van der Waals surface area contributed by atoms with E-state index in [1.807, 2.05) is 25.3 Å². The van der Waals surface area contributed by atoms with Gasteiger partial charge in [0, 0.05) is 30.4 Å². The molecule has 0 amide bonds. The highest BCUT2D eigenvalue weighted by Crippen LogP contribution is 2.28. The number of nitrogen functional groups attached to an aromatic ring is 1. The zero-order chi connectivity index (χ0) is 21.1. The second-order valence-electron chi connectivity index (χ2n) is 7.17. The van der Waals surface area contributed by atoms with Crippen molar-refractivity contribution in [3.05, 3.63) is 34.5 Å². The molecular formula is C19H22BrN9O. The van der Waals surface area contributed by atoms with E-state index in [-0.39, 0.29) is 17.4 Å². The summed E-state index contributed by atoms with van der Waals surface area (Å²) in [7, 11) is 0. The molecule has 1 saturated heterocycles. The summed E-state index contributed by atoms with van der Waals surface area (Å²) in [6.07, 6.45) is 5.26. The van der Waals surface area contributed by atoms with E-state index in [2.05, 4.69) is 41.6 Å². The van der Waals surface area contributed by atoms with Crippen LogP contribution in [-0.2, 0) is 4.74 Å². The predicted molar refractivity (Wildman–Crippen MR) is 116 cm³/mol. The van der Waals surface area contributed by atoms with Crippen molar-refractivity contribution in [1.29, 1.82) is 5.26 Å². The maximum atomic E-state index is 9.36. The third-order valence-corrected chi connectivity index (χ3v) is 5.75. The Morgan fingerprint density at radius 2 is 2.17 bits per heavy atom. The summed E-state index contributed by atoms with van der Waals surface area (Å²) in [6.45, 7) is 4.32. The number of nitrogens with zero attached hydrogens (tertiary/aromatic N) is 6. The Hall–Kier alpha value is -2.97. The number of fused-ring (bicyclic) bond motifs is 1. The summed E-state index contributed by atoms with van der Waals surface area (Å²) in [4.78, 5) is 12.8. The Morgan fingerprint density at radius 3 is 2.93 bits per heavy atom. The summed E-state index contributed by atoms with van der Waals surface area (Å²) < 4.78 is 8.15. The number of aromatic nitrogens is 5. The minimum absolute atomic E-state index is 0.131. The average Bonchev–Trinajstić information content (AvgIpc) is 3.14. The third kappa shape index (κ3) is 4.15. The van der Waals surface area contributed by atoms with Crippen molar-refractivity contribution >= 4 is 38.9 Å².